The number of nitrogens with zero attached hydrogens (tertiary/aromatic N) is 2. The van der Waals surface area contributed by atoms with E-state index in [1.807, 2.05) is 0 Å². The summed E-state index contributed by atoms with van der Waals surface area (Å²) in [6, 6.07) is 7.07. The number of aryl methyl sites for hydroxylation is 1. The number of methoxy groups -OCH3 is 1. The fourth-order valence-electron chi connectivity index (χ4n) is 2.75. The van der Waals surface area contributed by atoms with Crippen molar-refractivity contribution in [2.24, 2.45) is 4.99 Å². The second-order valence-corrected chi connectivity index (χ2v) is 6.03. The molecule has 0 amide bonds. The second kappa shape index (κ2) is 8.77. The molecule has 0 unspecified atom stereocenters. The fourth-order valence-corrected chi connectivity index (χ4v) is 2.75. The van der Waals surface area contributed by atoms with Gasteiger partial charge < -0.3 is 15.4 Å². The zero-order valence-corrected chi connectivity index (χ0v) is 14.9. The lowest BCUT2D eigenvalue weighted by atomic mass is 10.1. The van der Waals surface area contributed by atoms with E-state index in [9.17, 15) is 0 Å². The van der Waals surface area contributed by atoms with Crippen LogP contribution in [0.1, 0.15) is 30.9 Å². The minimum atomic E-state index is 0.698. The van der Waals surface area contributed by atoms with Gasteiger partial charge in [-0.1, -0.05) is 19.1 Å². The summed E-state index contributed by atoms with van der Waals surface area (Å²) in [6.07, 6.45) is 2.71. The summed E-state index contributed by atoms with van der Waals surface area (Å²) < 4.78 is 5.45. The highest BCUT2D eigenvalue weighted by molar-refractivity contribution is 5.79. The Hall–Kier alpha value is -1.75. The Kier molecular flexibility index (Phi) is 6.71. The van der Waals surface area contributed by atoms with Gasteiger partial charge in [0.1, 0.15) is 5.75 Å². The molecule has 0 aliphatic heterocycles. The summed E-state index contributed by atoms with van der Waals surface area (Å²) in [5, 5.41) is 6.75. The molecule has 0 radical (unpaired) electrons. The van der Waals surface area contributed by atoms with Crippen molar-refractivity contribution in [1.29, 1.82) is 0 Å². The molecule has 0 spiro atoms. The average molecular weight is 318 g/mol. The molecule has 23 heavy (non-hydrogen) atoms. The molecule has 1 saturated carbocycles. The van der Waals surface area contributed by atoms with Crippen LogP contribution in [-0.4, -0.2) is 50.7 Å². The van der Waals surface area contributed by atoms with Gasteiger partial charge in [-0.25, -0.2) is 0 Å². The molecule has 1 aliphatic carbocycles. The number of hydrogen-bond donors (Lipinski definition) is 2. The minimum absolute atomic E-state index is 0.698. The SMILES string of the molecule is CCN(CCNC(=NC)NCc1ccc(C)cc1OC)C1CC1. The summed E-state index contributed by atoms with van der Waals surface area (Å²) >= 11 is 0. The van der Waals surface area contributed by atoms with E-state index < -0.39 is 0 Å². The van der Waals surface area contributed by atoms with Crippen molar-refractivity contribution in [3.8, 4) is 5.75 Å². The Bertz CT molecular complexity index is 526. The highest BCUT2D eigenvalue weighted by Gasteiger charge is 2.27. The van der Waals surface area contributed by atoms with E-state index in [0.29, 0.717) is 6.54 Å². The van der Waals surface area contributed by atoms with Crippen molar-refractivity contribution >= 4 is 5.96 Å². The third-order valence-corrected chi connectivity index (χ3v) is 4.27. The summed E-state index contributed by atoms with van der Waals surface area (Å²) in [5.74, 6) is 1.75. The van der Waals surface area contributed by atoms with Crippen molar-refractivity contribution in [1.82, 2.24) is 15.5 Å². The van der Waals surface area contributed by atoms with Gasteiger partial charge >= 0.3 is 0 Å². The second-order valence-electron chi connectivity index (χ2n) is 6.03. The average Bonchev–Trinajstić information content (AvgIpc) is 3.40. The number of guanidine groups is 1. The van der Waals surface area contributed by atoms with E-state index in [1.165, 1.54) is 18.4 Å². The van der Waals surface area contributed by atoms with Gasteiger partial charge in [0, 0.05) is 38.3 Å². The largest absolute Gasteiger partial charge is 0.496 e. The molecule has 1 fully saturated rings. The summed E-state index contributed by atoms with van der Waals surface area (Å²) in [6.45, 7) is 8.10. The molecule has 5 heteroatoms. The molecule has 1 aromatic carbocycles. The first-order valence-electron chi connectivity index (χ1n) is 8.50. The Balaban J connectivity index is 1.78. The number of ether oxygens (including phenoxy) is 1. The van der Waals surface area contributed by atoms with Crippen LogP contribution < -0.4 is 15.4 Å². The highest BCUT2D eigenvalue weighted by atomic mass is 16.5. The number of hydrogen-bond acceptors (Lipinski definition) is 3. The molecule has 0 heterocycles. The van der Waals surface area contributed by atoms with Crippen molar-refractivity contribution in [2.75, 3.05) is 33.8 Å². The third kappa shape index (κ3) is 5.43. The molecule has 128 valence electrons. The quantitative estimate of drug-likeness (QED) is 0.570. The van der Waals surface area contributed by atoms with Crippen molar-refractivity contribution < 1.29 is 4.74 Å². The highest BCUT2D eigenvalue weighted by Crippen LogP contribution is 2.25. The summed E-state index contributed by atoms with van der Waals surface area (Å²) in [4.78, 5) is 6.83. The molecule has 0 aromatic heterocycles. The van der Waals surface area contributed by atoms with Gasteiger partial charge in [-0.15, -0.1) is 0 Å². The standard InChI is InChI=1S/C18H30N4O/c1-5-22(16-8-9-16)11-10-20-18(19-3)21-13-15-7-6-14(2)12-17(15)23-4/h6-7,12,16H,5,8-11,13H2,1-4H3,(H2,19,20,21). The molecular formula is C18H30N4O. The number of benzene rings is 1. The van der Waals surface area contributed by atoms with Crippen LogP contribution >= 0.6 is 0 Å². The Morgan fingerprint density at radius 2 is 2.13 bits per heavy atom. The van der Waals surface area contributed by atoms with Crippen molar-refractivity contribution in [2.45, 2.75) is 39.3 Å². The van der Waals surface area contributed by atoms with E-state index in [1.54, 1.807) is 14.2 Å². The van der Waals surface area contributed by atoms with E-state index in [0.717, 1.165) is 42.9 Å². The van der Waals surface area contributed by atoms with Crippen LogP contribution in [0.25, 0.3) is 0 Å². The maximum atomic E-state index is 5.45. The first-order chi connectivity index (χ1) is 11.2. The molecule has 1 aromatic rings. The van der Waals surface area contributed by atoms with Gasteiger partial charge in [-0.2, -0.15) is 0 Å². The van der Waals surface area contributed by atoms with Crippen LogP contribution in [0.5, 0.6) is 5.75 Å². The number of aliphatic imine (C=N–C) groups is 1. The lowest BCUT2D eigenvalue weighted by Gasteiger charge is -2.21. The molecule has 0 atom stereocenters. The zero-order valence-electron chi connectivity index (χ0n) is 14.9. The Labute approximate surface area is 140 Å². The van der Waals surface area contributed by atoms with Crippen LogP contribution in [0.15, 0.2) is 23.2 Å². The predicted molar refractivity (Wildman–Crippen MR) is 96.2 cm³/mol. The lowest BCUT2D eigenvalue weighted by molar-refractivity contribution is 0.282. The Morgan fingerprint density at radius 3 is 2.74 bits per heavy atom. The zero-order chi connectivity index (χ0) is 16.7. The Morgan fingerprint density at radius 1 is 1.35 bits per heavy atom. The third-order valence-electron chi connectivity index (χ3n) is 4.27. The van der Waals surface area contributed by atoms with E-state index in [2.05, 4.69) is 52.6 Å². The monoisotopic (exact) mass is 318 g/mol. The van der Waals surface area contributed by atoms with Gasteiger partial charge in [-0.3, -0.25) is 9.89 Å². The van der Waals surface area contributed by atoms with Crippen LogP contribution in [0, 0.1) is 6.92 Å². The number of rotatable bonds is 8. The first kappa shape index (κ1) is 17.6. The van der Waals surface area contributed by atoms with Crippen molar-refractivity contribution in [3.05, 3.63) is 29.3 Å². The molecule has 0 saturated heterocycles. The van der Waals surface area contributed by atoms with Crippen LogP contribution in [-0.2, 0) is 6.54 Å². The van der Waals surface area contributed by atoms with Gasteiger partial charge in [0.15, 0.2) is 5.96 Å². The predicted octanol–water partition coefficient (Wildman–Crippen LogP) is 2.15. The number of likely N-dealkylation sites (N-methyl/N-ethyl adjacent to an activating group) is 1. The lowest BCUT2D eigenvalue weighted by Crippen LogP contribution is -2.41. The maximum absolute atomic E-state index is 5.45. The normalized spacial score (nSPS) is 14.9. The van der Waals surface area contributed by atoms with Gasteiger partial charge in [0.25, 0.3) is 0 Å². The molecule has 2 N–H and O–H groups in total. The molecule has 0 bridgehead atoms. The van der Waals surface area contributed by atoms with Crippen LogP contribution in [0.2, 0.25) is 0 Å². The van der Waals surface area contributed by atoms with Crippen LogP contribution in [0.3, 0.4) is 0 Å². The van der Waals surface area contributed by atoms with E-state index >= 15 is 0 Å². The fraction of sp³-hybridized carbons (Fsp3) is 0.611. The van der Waals surface area contributed by atoms with Crippen molar-refractivity contribution in [3.63, 3.8) is 0 Å². The summed E-state index contributed by atoms with van der Waals surface area (Å²) in [7, 11) is 3.52. The van der Waals surface area contributed by atoms with Gasteiger partial charge in [0.2, 0.25) is 0 Å². The molecular weight excluding hydrogens is 288 g/mol. The topological polar surface area (TPSA) is 48.9 Å². The van der Waals surface area contributed by atoms with E-state index in [-0.39, 0.29) is 0 Å². The molecule has 1 aliphatic rings. The first-order valence-corrected chi connectivity index (χ1v) is 8.50. The van der Waals surface area contributed by atoms with Gasteiger partial charge in [-0.05, 0) is 37.9 Å². The molecule has 5 nitrogen and oxygen atoms in total. The molecule has 2 rings (SSSR count). The number of nitrogens with one attached hydrogen (secondary N) is 2. The maximum Gasteiger partial charge on any atom is 0.191 e. The van der Waals surface area contributed by atoms with E-state index in [4.69, 9.17) is 4.74 Å². The summed E-state index contributed by atoms with van der Waals surface area (Å²) in [5.41, 5.74) is 2.34. The van der Waals surface area contributed by atoms with Gasteiger partial charge in [0.05, 0.1) is 7.11 Å². The smallest absolute Gasteiger partial charge is 0.191 e. The van der Waals surface area contributed by atoms with Crippen LogP contribution in [0.4, 0.5) is 0 Å². The minimum Gasteiger partial charge on any atom is -0.496 e.